The number of carboxylic acid groups (broad SMARTS) is 1. The van der Waals surface area contributed by atoms with Gasteiger partial charge in [0.2, 0.25) is 0 Å². The summed E-state index contributed by atoms with van der Waals surface area (Å²) in [4.78, 5) is 26.9. The van der Waals surface area contributed by atoms with Crippen LogP contribution in [0.4, 0.5) is 5.69 Å². The van der Waals surface area contributed by atoms with Crippen LogP contribution in [0.5, 0.6) is 5.75 Å². The van der Waals surface area contributed by atoms with E-state index in [0.717, 1.165) is 6.07 Å². The predicted molar refractivity (Wildman–Crippen MR) is 77.0 cm³/mol. The highest BCUT2D eigenvalue weighted by molar-refractivity contribution is 6.06. The summed E-state index contributed by atoms with van der Waals surface area (Å²) < 4.78 is 5.09. The third-order valence-corrected chi connectivity index (χ3v) is 3.09. The minimum atomic E-state index is -1.16. The minimum Gasteiger partial charge on any atom is -0.506 e. The molecule has 0 radical (unpaired) electrons. The fraction of sp³-hybridized carbons (Fsp3) is 0. The molecule has 0 spiro atoms. The third kappa shape index (κ3) is 2.47. The summed E-state index contributed by atoms with van der Waals surface area (Å²) in [7, 11) is 0. The Labute approximate surface area is 123 Å². The Hall–Kier alpha value is -3.35. The number of hydrogen-bond donors (Lipinski definition) is 3. The summed E-state index contributed by atoms with van der Waals surface area (Å²) >= 11 is 0. The van der Waals surface area contributed by atoms with Gasteiger partial charge in [-0.25, -0.2) is 9.78 Å². The van der Waals surface area contributed by atoms with Gasteiger partial charge in [0.1, 0.15) is 11.3 Å². The highest BCUT2D eigenvalue weighted by atomic mass is 16.4. The molecule has 22 heavy (non-hydrogen) atoms. The standard InChI is InChI=1S/C15H10N2O5/c18-12-6-9(15(20)21)1-3-10(12)17-14(19)8-2-4-13-11(5-8)16-7-22-13/h1-7,18H,(H,17,19)(H,20,21). The number of nitrogens with zero attached hydrogens (tertiary/aromatic N) is 1. The van der Waals surface area contributed by atoms with Gasteiger partial charge in [0.05, 0.1) is 11.3 Å². The lowest BCUT2D eigenvalue weighted by atomic mass is 10.1. The molecule has 1 amide bonds. The highest BCUT2D eigenvalue weighted by Gasteiger charge is 2.12. The van der Waals surface area contributed by atoms with Crippen LogP contribution >= 0.6 is 0 Å². The van der Waals surface area contributed by atoms with E-state index in [1.54, 1.807) is 18.2 Å². The van der Waals surface area contributed by atoms with Gasteiger partial charge in [0.25, 0.3) is 5.91 Å². The van der Waals surface area contributed by atoms with E-state index >= 15 is 0 Å². The zero-order valence-corrected chi connectivity index (χ0v) is 11.1. The number of aromatic hydroxyl groups is 1. The van der Waals surface area contributed by atoms with Crippen LogP contribution in [0, 0.1) is 0 Å². The molecule has 0 aliphatic rings. The Balaban J connectivity index is 1.85. The van der Waals surface area contributed by atoms with Crippen molar-refractivity contribution in [3.63, 3.8) is 0 Å². The molecule has 7 nitrogen and oxygen atoms in total. The molecule has 0 atom stereocenters. The number of oxazole rings is 1. The molecule has 0 aliphatic carbocycles. The molecule has 3 aromatic rings. The number of anilines is 1. The smallest absolute Gasteiger partial charge is 0.335 e. The van der Waals surface area contributed by atoms with Gasteiger partial charge in [0.15, 0.2) is 12.0 Å². The zero-order chi connectivity index (χ0) is 15.7. The fourth-order valence-corrected chi connectivity index (χ4v) is 1.96. The fourth-order valence-electron chi connectivity index (χ4n) is 1.96. The number of aromatic carboxylic acids is 1. The van der Waals surface area contributed by atoms with Crippen molar-refractivity contribution in [3.05, 3.63) is 53.9 Å². The molecule has 3 rings (SSSR count). The molecule has 7 heteroatoms. The Kier molecular flexibility index (Phi) is 3.23. The van der Waals surface area contributed by atoms with Crippen molar-refractivity contribution in [2.24, 2.45) is 0 Å². The summed E-state index contributed by atoms with van der Waals surface area (Å²) in [5, 5.41) is 21.1. The number of aromatic nitrogens is 1. The van der Waals surface area contributed by atoms with Gasteiger partial charge >= 0.3 is 5.97 Å². The minimum absolute atomic E-state index is 0.0699. The number of fused-ring (bicyclic) bond motifs is 1. The Morgan fingerprint density at radius 2 is 1.86 bits per heavy atom. The summed E-state index contributed by atoms with van der Waals surface area (Å²) in [6.07, 6.45) is 1.28. The zero-order valence-electron chi connectivity index (χ0n) is 11.1. The summed E-state index contributed by atoms with van der Waals surface area (Å²) in [6.45, 7) is 0. The van der Waals surface area contributed by atoms with Gasteiger partial charge in [-0.05, 0) is 36.4 Å². The number of nitrogens with one attached hydrogen (secondary N) is 1. The van der Waals surface area contributed by atoms with E-state index in [2.05, 4.69) is 10.3 Å². The molecule has 3 N–H and O–H groups in total. The van der Waals surface area contributed by atoms with Gasteiger partial charge in [0, 0.05) is 5.56 Å². The number of rotatable bonds is 3. The Morgan fingerprint density at radius 3 is 2.59 bits per heavy atom. The number of carboxylic acids is 1. The largest absolute Gasteiger partial charge is 0.506 e. The van der Waals surface area contributed by atoms with Gasteiger partial charge in [-0.2, -0.15) is 0 Å². The third-order valence-electron chi connectivity index (χ3n) is 3.09. The van der Waals surface area contributed by atoms with Crippen molar-refractivity contribution in [1.82, 2.24) is 4.98 Å². The first-order valence-corrected chi connectivity index (χ1v) is 6.25. The van der Waals surface area contributed by atoms with Crippen molar-refractivity contribution < 1.29 is 24.2 Å². The molecule has 0 bridgehead atoms. The lowest BCUT2D eigenvalue weighted by Gasteiger charge is -2.08. The van der Waals surface area contributed by atoms with Gasteiger partial charge in [-0.1, -0.05) is 0 Å². The molecular weight excluding hydrogens is 288 g/mol. The van der Waals surface area contributed by atoms with E-state index in [9.17, 15) is 14.7 Å². The van der Waals surface area contributed by atoms with Crippen molar-refractivity contribution in [2.75, 3.05) is 5.32 Å². The quantitative estimate of drug-likeness (QED) is 0.640. The monoisotopic (exact) mass is 298 g/mol. The first kappa shape index (κ1) is 13.6. The van der Waals surface area contributed by atoms with Crippen LogP contribution in [0.3, 0.4) is 0 Å². The molecule has 1 heterocycles. The molecule has 0 fully saturated rings. The number of amides is 1. The summed E-state index contributed by atoms with van der Waals surface area (Å²) in [6, 6.07) is 8.41. The first-order chi connectivity index (χ1) is 10.5. The predicted octanol–water partition coefficient (Wildman–Crippen LogP) is 2.48. The Bertz CT molecular complexity index is 885. The average Bonchev–Trinajstić information content (AvgIpc) is 2.96. The second kappa shape index (κ2) is 5.21. The molecule has 2 aromatic carbocycles. The lowest BCUT2D eigenvalue weighted by molar-refractivity contribution is 0.0696. The molecule has 0 saturated heterocycles. The maximum atomic E-state index is 12.2. The normalized spacial score (nSPS) is 10.5. The van der Waals surface area contributed by atoms with E-state index < -0.39 is 11.9 Å². The van der Waals surface area contributed by atoms with Gasteiger partial charge < -0.3 is 19.9 Å². The second-order valence-electron chi connectivity index (χ2n) is 4.53. The van der Waals surface area contributed by atoms with Crippen LogP contribution in [-0.2, 0) is 0 Å². The van der Waals surface area contributed by atoms with Crippen LogP contribution in [0.2, 0.25) is 0 Å². The van der Waals surface area contributed by atoms with E-state index in [-0.39, 0.29) is 17.0 Å². The number of benzene rings is 2. The molecule has 0 saturated carbocycles. The molecular formula is C15H10N2O5. The molecule has 110 valence electrons. The van der Waals surface area contributed by atoms with Crippen molar-refractivity contribution in [2.45, 2.75) is 0 Å². The first-order valence-electron chi connectivity index (χ1n) is 6.25. The lowest BCUT2D eigenvalue weighted by Crippen LogP contribution is -2.12. The number of phenolic OH excluding ortho intramolecular Hbond substituents is 1. The summed E-state index contributed by atoms with van der Waals surface area (Å²) in [5.74, 6) is -1.94. The number of phenols is 1. The van der Waals surface area contributed by atoms with Gasteiger partial charge in [-0.3, -0.25) is 4.79 Å². The van der Waals surface area contributed by atoms with Crippen LogP contribution in [0.25, 0.3) is 11.1 Å². The number of hydrogen-bond acceptors (Lipinski definition) is 5. The van der Waals surface area contributed by atoms with Crippen molar-refractivity contribution >= 4 is 28.7 Å². The maximum absolute atomic E-state index is 12.2. The van der Waals surface area contributed by atoms with Crippen molar-refractivity contribution in [1.29, 1.82) is 0 Å². The topological polar surface area (TPSA) is 113 Å². The van der Waals surface area contributed by atoms with Crippen LogP contribution < -0.4 is 5.32 Å². The number of carbonyl (C=O) groups is 2. The SMILES string of the molecule is O=C(O)c1ccc(NC(=O)c2ccc3ocnc3c2)c(O)c1. The number of carbonyl (C=O) groups excluding carboxylic acids is 1. The molecule has 1 aromatic heterocycles. The van der Waals surface area contributed by atoms with Crippen molar-refractivity contribution in [3.8, 4) is 5.75 Å². The highest BCUT2D eigenvalue weighted by Crippen LogP contribution is 2.25. The van der Waals surface area contributed by atoms with Crippen LogP contribution in [0.1, 0.15) is 20.7 Å². The van der Waals surface area contributed by atoms with E-state index in [0.29, 0.717) is 16.7 Å². The van der Waals surface area contributed by atoms with Gasteiger partial charge in [-0.15, -0.1) is 0 Å². The van der Waals surface area contributed by atoms with E-state index in [1.807, 2.05) is 0 Å². The molecule has 0 unspecified atom stereocenters. The Morgan fingerprint density at radius 1 is 1.09 bits per heavy atom. The molecule has 0 aliphatic heterocycles. The average molecular weight is 298 g/mol. The summed E-state index contributed by atoms with van der Waals surface area (Å²) in [5.41, 5.74) is 1.49. The van der Waals surface area contributed by atoms with Crippen LogP contribution in [0.15, 0.2) is 47.2 Å². The van der Waals surface area contributed by atoms with Crippen LogP contribution in [-0.4, -0.2) is 27.1 Å². The van der Waals surface area contributed by atoms with E-state index in [1.165, 1.54) is 18.5 Å². The maximum Gasteiger partial charge on any atom is 0.335 e. The second-order valence-corrected chi connectivity index (χ2v) is 4.53. The van der Waals surface area contributed by atoms with E-state index in [4.69, 9.17) is 9.52 Å².